The lowest BCUT2D eigenvalue weighted by Gasteiger charge is -2.48. The van der Waals surface area contributed by atoms with Crippen molar-refractivity contribution in [2.24, 2.45) is 0 Å². The van der Waals surface area contributed by atoms with Crippen molar-refractivity contribution in [1.82, 2.24) is 14.7 Å². The van der Waals surface area contributed by atoms with E-state index in [2.05, 4.69) is 4.90 Å². The molecule has 7 nitrogen and oxygen atoms in total. The summed E-state index contributed by atoms with van der Waals surface area (Å²) in [4.78, 5) is 47.0. The molecule has 4 aliphatic rings. The summed E-state index contributed by atoms with van der Waals surface area (Å²) >= 11 is 0. The van der Waals surface area contributed by atoms with Gasteiger partial charge in [-0.1, -0.05) is 25.0 Å². The normalized spacial score (nSPS) is 27.1. The second-order valence-electron chi connectivity index (χ2n) is 9.53. The van der Waals surface area contributed by atoms with Gasteiger partial charge in [-0.2, -0.15) is 0 Å². The fourth-order valence-electron chi connectivity index (χ4n) is 6.01. The highest BCUT2D eigenvalue weighted by molar-refractivity contribution is 6.10. The molecule has 3 amide bonds. The van der Waals surface area contributed by atoms with Crippen LogP contribution in [-0.2, 0) is 9.59 Å². The minimum Gasteiger partial charge on any atom is -0.340 e. The fourth-order valence-corrected chi connectivity index (χ4v) is 6.01. The van der Waals surface area contributed by atoms with Crippen LogP contribution < -0.4 is 4.90 Å². The standard InChI is InChI=1S/C24H32N4O3/c1-24-12-10-22(30)28(24)20-9-5-4-8-19(20)23(31)27(24)13-11-21(29)26-16-14-25(15-17-26)18-6-2-3-7-18/h4-5,8-9,18H,2-3,6-7,10-17H2,1H3. The summed E-state index contributed by atoms with van der Waals surface area (Å²) in [5.41, 5.74) is 0.556. The van der Waals surface area contributed by atoms with Crippen LogP contribution in [0.15, 0.2) is 24.3 Å². The minimum absolute atomic E-state index is 0.0433. The molecule has 0 bridgehead atoms. The van der Waals surface area contributed by atoms with Gasteiger partial charge in [-0.25, -0.2) is 0 Å². The SMILES string of the molecule is CC12CCC(=O)N1c1ccccc1C(=O)N2CCC(=O)N1CCN(C2CCCC2)CC1. The Kier molecular flexibility index (Phi) is 5.24. The van der Waals surface area contributed by atoms with Gasteiger partial charge in [0.2, 0.25) is 11.8 Å². The van der Waals surface area contributed by atoms with E-state index in [9.17, 15) is 14.4 Å². The van der Waals surface area contributed by atoms with E-state index in [4.69, 9.17) is 0 Å². The second kappa shape index (κ2) is 7.93. The van der Waals surface area contributed by atoms with Crippen molar-refractivity contribution in [2.45, 2.75) is 63.6 Å². The van der Waals surface area contributed by atoms with Gasteiger partial charge in [0, 0.05) is 51.6 Å². The number of hydrogen-bond acceptors (Lipinski definition) is 4. The molecule has 166 valence electrons. The van der Waals surface area contributed by atoms with E-state index in [-0.39, 0.29) is 17.7 Å². The van der Waals surface area contributed by atoms with Gasteiger partial charge in [0.25, 0.3) is 5.91 Å². The van der Waals surface area contributed by atoms with Gasteiger partial charge in [0.05, 0.1) is 11.3 Å². The van der Waals surface area contributed by atoms with Crippen molar-refractivity contribution in [2.75, 3.05) is 37.6 Å². The van der Waals surface area contributed by atoms with Gasteiger partial charge in [-0.3, -0.25) is 24.2 Å². The van der Waals surface area contributed by atoms with Crippen molar-refractivity contribution in [3.05, 3.63) is 29.8 Å². The Hall–Kier alpha value is -2.41. The average molecular weight is 425 g/mol. The molecule has 3 aliphatic heterocycles. The first-order valence-corrected chi connectivity index (χ1v) is 11.7. The summed E-state index contributed by atoms with van der Waals surface area (Å²) in [5, 5.41) is 0. The van der Waals surface area contributed by atoms with Gasteiger partial charge in [-0.15, -0.1) is 0 Å². The number of rotatable bonds is 4. The highest BCUT2D eigenvalue weighted by Gasteiger charge is 2.52. The van der Waals surface area contributed by atoms with Crippen LogP contribution in [0.5, 0.6) is 0 Å². The molecular formula is C24H32N4O3. The molecule has 0 radical (unpaired) electrons. The molecule has 31 heavy (non-hydrogen) atoms. The van der Waals surface area contributed by atoms with Gasteiger partial charge >= 0.3 is 0 Å². The van der Waals surface area contributed by atoms with Crippen LogP contribution in [0, 0.1) is 0 Å². The predicted octanol–water partition coefficient (Wildman–Crippen LogP) is 2.46. The van der Waals surface area contributed by atoms with Gasteiger partial charge in [0.1, 0.15) is 5.66 Å². The lowest BCUT2D eigenvalue weighted by Crippen LogP contribution is -2.62. The first-order valence-electron chi connectivity index (χ1n) is 11.7. The molecule has 2 saturated heterocycles. The molecule has 3 fully saturated rings. The molecule has 0 N–H and O–H groups in total. The van der Waals surface area contributed by atoms with Crippen LogP contribution in [0.4, 0.5) is 5.69 Å². The third-order valence-electron chi connectivity index (χ3n) is 7.80. The monoisotopic (exact) mass is 424 g/mol. The van der Waals surface area contributed by atoms with E-state index >= 15 is 0 Å². The number of anilines is 1. The van der Waals surface area contributed by atoms with Crippen LogP contribution in [0.2, 0.25) is 0 Å². The molecule has 1 atom stereocenters. The lowest BCUT2D eigenvalue weighted by molar-refractivity contribution is -0.133. The van der Waals surface area contributed by atoms with Crippen LogP contribution in [-0.4, -0.2) is 76.8 Å². The number of carbonyl (C=O) groups is 3. The molecule has 3 heterocycles. The summed E-state index contributed by atoms with van der Waals surface area (Å²) < 4.78 is 0. The van der Waals surface area contributed by atoms with E-state index in [0.717, 1.165) is 26.2 Å². The molecule has 0 aromatic heterocycles. The average Bonchev–Trinajstić information content (AvgIpc) is 3.42. The van der Waals surface area contributed by atoms with Gasteiger partial charge in [-0.05, 0) is 38.3 Å². The summed E-state index contributed by atoms with van der Waals surface area (Å²) in [7, 11) is 0. The molecule has 5 rings (SSSR count). The van der Waals surface area contributed by atoms with Crippen LogP contribution in [0.1, 0.15) is 62.2 Å². The zero-order valence-corrected chi connectivity index (χ0v) is 18.4. The van der Waals surface area contributed by atoms with E-state index in [0.29, 0.717) is 43.1 Å². The van der Waals surface area contributed by atoms with Gasteiger partial charge < -0.3 is 9.80 Å². The number of piperazine rings is 1. The zero-order valence-electron chi connectivity index (χ0n) is 18.4. The molecule has 1 aromatic rings. The van der Waals surface area contributed by atoms with Crippen molar-refractivity contribution < 1.29 is 14.4 Å². The summed E-state index contributed by atoms with van der Waals surface area (Å²) in [5.74, 6) is 0.0712. The first kappa shape index (κ1) is 20.5. The Morgan fingerprint density at radius 2 is 1.77 bits per heavy atom. The number of hydrogen-bond donors (Lipinski definition) is 0. The Balaban J connectivity index is 1.25. The molecule has 1 unspecified atom stereocenters. The first-order chi connectivity index (χ1) is 15.0. The number of amides is 3. The topological polar surface area (TPSA) is 64.2 Å². The van der Waals surface area contributed by atoms with Crippen LogP contribution in [0.25, 0.3) is 0 Å². The number of benzene rings is 1. The smallest absolute Gasteiger partial charge is 0.257 e. The molecule has 0 spiro atoms. The molecular weight excluding hydrogens is 392 g/mol. The van der Waals surface area contributed by atoms with Crippen molar-refractivity contribution >= 4 is 23.4 Å². The molecule has 1 aromatic carbocycles. The zero-order chi connectivity index (χ0) is 21.6. The third kappa shape index (κ3) is 3.43. The van der Waals surface area contributed by atoms with Crippen molar-refractivity contribution in [3.63, 3.8) is 0 Å². The maximum Gasteiger partial charge on any atom is 0.257 e. The summed E-state index contributed by atoms with van der Waals surface area (Å²) in [6, 6.07) is 8.02. The highest BCUT2D eigenvalue weighted by atomic mass is 16.2. The Morgan fingerprint density at radius 3 is 2.52 bits per heavy atom. The van der Waals surface area contributed by atoms with Crippen LogP contribution in [0.3, 0.4) is 0 Å². The Morgan fingerprint density at radius 1 is 1.06 bits per heavy atom. The molecule has 1 saturated carbocycles. The maximum atomic E-state index is 13.3. The largest absolute Gasteiger partial charge is 0.340 e. The highest BCUT2D eigenvalue weighted by Crippen LogP contribution is 2.44. The number of fused-ring (bicyclic) bond motifs is 3. The van der Waals surface area contributed by atoms with E-state index < -0.39 is 5.66 Å². The number of nitrogens with zero attached hydrogens (tertiary/aromatic N) is 4. The van der Waals surface area contributed by atoms with Crippen molar-refractivity contribution in [3.8, 4) is 0 Å². The van der Waals surface area contributed by atoms with Crippen LogP contribution >= 0.6 is 0 Å². The third-order valence-corrected chi connectivity index (χ3v) is 7.80. The van der Waals surface area contributed by atoms with E-state index in [1.807, 2.05) is 30.0 Å². The lowest BCUT2D eigenvalue weighted by atomic mass is 9.98. The Bertz CT molecular complexity index is 889. The number of para-hydroxylation sites is 1. The fraction of sp³-hybridized carbons (Fsp3) is 0.625. The second-order valence-corrected chi connectivity index (χ2v) is 9.53. The van der Waals surface area contributed by atoms with Crippen molar-refractivity contribution in [1.29, 1.82) is 0 Å². The quantitative estimate of drug-likeness (QED) is 0.745. The molecule has 7 heteroatoms. The number of carbonyl (C=O) groups excluding carboxylic acids is 3. The Labute approximate surface area is 184 Å². The summed E-state index contributed by atoms with van der Waals surface area (Å²) in [6.07, 6.45) is 6.56. The predicted molar refractivity (Wildman–Crippen MR) is 118 cm³/mol. The summed E-state index contributed by atoms with van der Waals surface area (Å²) in [6.45, 7) is 5.74. The van der Waals surface area contributed by atoms with Gasteiger partial charge in [0.15, 0.2) is 0 Å². The molecule has 1 aliphatic carbocycles. The van der Waals surface area contributed by atoms with E-state index in [1.165, 1.54) is 25.7 Å². The minimum atomic E-state index is -0.691. The van der Waals surface area contributed by atoms with E-state index in [1.54, 1.807) is 15.9 Å². The maximum absolute atomic E-state index is 13.3.